The van der Waals surface area contributed by atoms with Crippen LogP contribution >= 0.6 is 0 Å². The van der Waals surface area contributed by atoms with E-state index in [0.29, 0.717) is 4.30 Å². The van der Waals surface area contributed by atoms with Gasteiger partial charge >= 0.3 is 150 Å². The monoisotopic (exact) mass is 387 g/mol. The zero-order valence-corrected chi connectivity index (χ0v) is 15.8. The van der Waals surface area contributed by atoms with Crippen molar-refractivity contribution in [1.82, 2.24) is 0 Å². The molecule has 0 aliphatic carbocycles. The Bertz CT molecular complexity index is 867. The van der Waals surface area contributed by atoms with Gasteiger partial charge in [0.2, 0.25) is 0 Å². The number of nitriles is 1. The average molecular weight is 387 g/mol. The molecule has 0 heterocycles. The predicted octanol–water partition coefficient (Wildman–Crippen LogP) is 2.02. The fourth-order valence-corrected chi connectivity index (χ4v) is 11.9. The molecule has 0 radical (unpaired) electrons. The van der Waals surface area contributed by atoms with Crippen molar-refractivity contribution >= 4 is 36.2 Å². The van der Waals surface area contributed by atoms with Crippen molar-refractivity contribution in [2.45, 2.75) is 6.92 Å². The maximum atomic E-state index is 12.5. The van der Waals surface area contributed by atoms with Crippen molar-refractivity contribution in [2.24, 2.45) is 0 Å². The van der Waals surface area contributed by atoms with Gasteiger partial charge in [0.1, 0.15) is 0 Å². The van der Waals surface area contributed by atoms with Crippen LogP contribution in [0.5, 0.6) is 0 Å². The normalized spacial score (nSPS) is 10.7. The molecule has 3 aromatic rings. The molecule has 0 amide bonds. The standard InChI is InChI=1S/C22H18AsNO/c1-18(25)22(17-24)23(19-11-5-2-6-12-19,20-13-7-3-8-14-20)21-15-9-4-10-16-21/h2-16H,1H3. The average Bonchev–Trinajstić information content (AvgIpc) is 2.68. The summed E-state index contributed by atoms with van der Waals surface area (Å²) in [5.41, 5.74) is 0. The molecule has 0 saturated heterocycles. The third-order valence-corrected chi connectivity index (χ3v) is 13.2. The molecular formula is C22H18AsNO. The molecule has 0 aromatic heterocycles. The first kappa shape index (κ1) is 17.1. The molecule has 0 unspecified atom stereocenters. The van der Waals surface area contributed by atoms with Crippen molar-refractivity contribution in [3.05, 3.63) is 91.0 Å². The minimum atomic E-state index is -3.38. The molecule has 0 aliphatic heterocycles. The summed E-state index contributed by atoms with van der Waals surface area (Å²) in [7, 11) is 0. The molecule has 3 aromatic carbocycles. The number of hydrogen-bond donors (Lipinski definition) is 0. The first-order valence-electron chi connectivity index (χ1n) is 8.05. The number of hydrogen-bond acceptors (Lipinski definition) is 2. The van der Waals surface area contributed by atoms with Crippen LogP contribution in [0.15, 0.2) is 91.0 Å². The number of benzene rings is 3. The van der Waals surface area contributed by atoms with Gasteiger partial charge in [-0.1, -0.05) is 0 Å². The summed E-state index contributed by atoms with van der Waals surface area (Å²) in [6.45, 7) is 1.50. The molecule has 122 valence electrons. The zero-order valence-electron chi connectivity index (χ0n) is 14.0. The Labute approximate surface area is 150 Å². The van der Waals surface area contributed by atoms with Crippen molar-refractivity contribution in [1.29, 1.82) is 5.26 Å². The molecule has 2 nitrogen and oxygen atoms in total. The molecule has 3 rings (SSSR count). The van der Waals surface area contributed by atoms with E-state index < -0.39 is 13.1 Å². The second-order valence-electron chi connectivity index (χ2n) is 5.69. The first-order valence-corrected chi connectivity index (χ1v) is 11.8. The Morgan fingerprint density at radius 1 is 0.720 bits per heavy atom. The Morgan fingerprint density at radius 3 is 1.28 bits per heavy atom. The molecule has 3 heteroatoms. The summed E-state index contributed by atoms with van der Waals surface area (Å²) in [5, 5.41) is 9.95. The van der Waals surface area contributed by atoms with Crippen LogP contribution in [-0.2, 0) is 4.79 Å². The van der Waals surface area contributed by atoms with Gasteiger partial charge < -0.3 is 0 Å². The van der Waals surface area contributed by atoms with Crippen LogP contribution in [-0.4, -0.2) is 23.2 Å². The topological polar surface area (TPSA) is 40.9 Å². The number of nitrogens with zero attached hydrogens (tertiary/aromatic N) is 1. The molecule has 0 N–H and O–H groups in total. The van der Waals surface area contributed by atoms with Gasteiger partial charge in [0.05, 0.1) is 0 Å². The van der Waals surface area contributed by atoms with Crippen LogP contribution in [0.4, 0.5) is 0 Å². The van der Waals surface area contributed by atoms with Crippen LogP contribution in [0.2, 0.25) is 0 Å². The number of carbonyl (C=O) groups excluding carboxylic acids is 1. The summed E-state index contributed by atoms with van der Waals surface area (Å²) in [5.74, 6) is -0.147. The number of rotatable bonds is 4. The van der Waals surface area contributed by atoms with Gasteiger partial charge in [0.15, 0.2) is 0 Å². The SMILES string of the molecule is CC(=O)C(C#N)=[As](c1ccccc1)(c1ccccc1)c1ccccc1. The van der Waals surface area contributed by atoms with E-state index in [9.17, 15) is 10.1 Å². The summed E-state index contributed by atoms with van der Waals surface area (Å²) < 4.78 is 3.61. The molecule has 0 saturated carbocycles. The Kier molecular flexibility index (Phi) is 5.08. The van der Waals surface area contributed by atoms with Crippen molar-refractivity contribution in [2.75, 3.05) is 0 Å². The van der Waals surface area contributed by atoms with E-state index in [1.165, 1.54) is 6.92 Å². The molecular weight excluding hydrogens is 369 g/mol. The van der Waals surface area contributed by atoms with Gasteiger partial charge in [-0.25, -0.2) is 0 Å². The van der Waals surface area contributed by atoms with E-state index in [1.54, 1.807) is 0 Å². The molecule has 25 heavy (non-hydrogen) atoms. The van der Waals surface area contributed by atoms with E-state index in [2.05, 4.69) is 6.07 Å². The summed E-state index contributed by atoms with van der Waals surface area (Å²) >= 11 is -3.38. The van der Waals surface area contributed by atoms with E-state index >= 15 is 0 Å². The van der Waals surface area contributed by atoms with Gasteiger partial charge in [-0.15, -0.1) is 0 Å². The number of carbonyl (C=O) groups is 1. The molecule has 0 aliphatic rings. The third-order valence-electron chi connectivity index (χ3n) is 4.21. The van der Waals surface area contributed by atoms with Crippen molar-refractivity contribution in [3.63, 3.8) is 0 Å². The van der Waals surface area contributed by atoms with E-state index in [1.807, 2.05) is 91.0 Å². The Morgan fingerprint density at radius 2 is 1.04 bits per heavy atom. The second kappa shape index (κ2) is 7.43. The zero-order chi connectivity index (χ0) is 17.7. The second-order valence-corrected chi connectivity index (χ2v) is 12.7. The Balaban J connectivity index is 2.60. The van der Waals surface area contributed by atoms with Gasteiger partial charge in [-0.2, -0.15) is 0 Å². The third kappa shape index (κ3) is 3.00. The quantitative estimate of drug-likeness (QED) is 0.643. The van der Waals surface area contributed by atoms with Gasteiger partial charge in [0, 0.05) is 0 Å². The summed E-state index contributed by atoms with van der Waals surface area (Å²) in [6.07, 6.45) is 0. The van der Waals surface area contributed by atoms with E-state index in [4.69, 9.17) is 0 Å². The van der Waals surface area contributed by atoms with E-state index in [0.717, 1.165) is 13.1 Å². The minimum absolute atomic E-state index is 0.147. The molecule has 0 bridgehead atoms. The van der Waals surface area contributed by atoms with Crippen LogP contribution in [0.1, 0.15) is 6.92 Å². The molecule has 0 spiro atoms. The van der Waals surface area contributed by atoms with Crippen LogP contribution in [0.25, 0.3) is 0 Å². The van der Waals surface area contributed by atoms with Crippen molar-refractivity contribution < 1.29 is 4.79 Å². The molecule has 0 atom stereocenters. The van der Waals surface area contributed by atoms with Gasteiger partial charge in [-0.05, 0) is 0 Å². The maximum absolute atomic E-state index is 12.5. The van der Waals surface area contributed by atoms with Gasteiger partial charge in [-0.3, -0.25) is 0 Å². The van der Waals surface area contributed by atoms with E-state index in [-0.39, 0.29) is 5.78 Å². The number of Topliss-reactive ketones (excluding diaryl/α,β-unsaturated/α-hetero) is 1. The predicted molar refractivity (Wildman–Crippen MR) is 105 cm³/mol. The van der Waals surface area contributed by atoms with Crippen LogP contribution in [0.3, 0.4) is 0 Å². The fourth-order valence-electron chi connectivity index (χ4n) is 3.18. The number of ketones is 1. The van der Waals surface area contributed by atoms with Gasteiger partial charge in [0.25, 0.3) is 0 Å². The van der Waals surface area contributed by atoms with Crippen molar-refractivity contribution in [3.8, 4) is 6.07 Å². The first-order chi connectivity index (χ1) is 12.2. The van der Waals surface area contributed by atoms with Crippen LogP contribution < -0.4 is 13.1 Å². The summed E-state index contributed by atoms with van der Waals surface area (Å²) in [6, 6.07) is 32.3. The summed E-state index contributed by atoms with van der Waals surface area (Å²) in [4.78, 5) is 12.5. The fraction of sp³-hybridized carbons (Fsp3) is 0.0455. The molecule has 0 fully saturated rings. The van der Waals surface area contributed by atoms with Crippen LogP contribution in [0, 0.1) is 11.3 Å². The Hall–Kier alpha value is -2.75.